The number of fused-ring (bicyclic) bond motifs is 5. The molecule has 3 saturated heterocycles. The number of carbonyl (C=O) groups is 2. The first-order valence-corrected chi connectivity index (χ1v) is 18.6. The van der Waals surface area contributed by atoms with Gasteiger partial charge in [0.15, 0.2) is 23.7 Å². The van der Waals surface area contributed by atoms with Crippen LogP contribution in [0.2, 0.25) is 0 Å². The van der Waals surface area contributed by atoms with E-state index in [1.54, 1.807) is 13.0 Å². The Bertz CT molecular complexity index is 1600. The number of methoxy groups -OCH3 is 2. The van der Waals surface area contributed by atoms with Gasteiger partial charge in [0.05, 0.1) is 43.2 Å². The molecule has 3 aliphatic heterocycles. The van der Waals surface area contributed by atoms with Crippen LogP contribution in [-0.4, -0.2) is 123 Å². The number of hydrogen-bond donors (Lipinski definition) is 5. The Labute approximate surface area is 298 Å². The molecule has 0 unspecified atom stereocenters. The van der Waals surface area contributed by atoms with Crippen LogP contribution in [0.5, 0.6) is 11.5 Å². The van der Waals surface area contributed by atoms with Crippen molar-refractivity contribution >= 4 is 11.9 Å². The summed E-state index contributed by atoms with van der Waals surface area (Å²) in [5.74, 6) is -5.93. The highest BCUT2D eigenvalue weighted by molar-refractivity contribution is 5.90. The number of aliphatic hydroxyl groups excluding tert-OH is 2. The van der Waals surface area contributed by atoms with Crippen LogP contribution in [0.15, 0.2) is 18.2 Å². The summed E-state index contributed by atoms with van der Waals surface area (Å²) in [5, 5.41) is 63.0. The first-order chi connectivity index (χ1) is 24.0. The van der Waals surface area contributed by atoms with E-state index in [0.717, 1.165) is 19.4 Å². The average Bonchev–Trinajstić information content (AvgIpc) is 3.35. The van der Waals surface area contributed by atoms with Gasteiger partial charge in [-0.2, -0.15) is 0 Å². The van der Waals surface area contributed by atoms with Crippen LogP contribution in [-0.2, 0) is 19.0 Å². The van der Waals surface area contributed by atoms with Crippen molar-refractivity contribution in [1.29, 1.82) is 0 Å². The smallest absolute Gasteiger partial charge is 0.338 e. The highest BCUT2D eigenvalue weighted by Gasteiger charge is 2.87. The molecule has 5 N–H and O–H groups in total. The molecule has 282 valence electrons. The number of rotatable bonds is 5. The average molecular weight is 716 g/mol. The normalized spacial score (nSPS) is 51.0. The minimum atomic E-state index is -2.03. The first kappa shape index (κ1) is 35.5. The van der Waals surface area contributed by atoms with Gasteiger partial charge in [-0.25, -0.2) is 4.79 Å². The predicted molar refractivity (Wildman–Crippen MR) is 178 cm³/mol. The fourth-order valence-corrected chi connectivity index (χ4v) is 13.0. The van der Waals surface area contributed by atoms with E-state index in [9.17, 15) is 35.1 Å². The molecule has 0 aromatic heterocycles. The zero-order chi connectivity index (χ0) is 36.6. The van der Waals surface area contributed by atoms with Gasteiger partial charge in [-0.1, -0.05) is 13.8 Å². The predicted octanol–water partition coefficient (Wildman–Crippen LogP) is 1.64. The fourth-order valence-electron chi connectivity index (χ4n) is 13.0. The van der Waals surface area contributed by atoms with Gasteiger partial charge in [-0.15, -0.1) is 0 Å². The summed E-state index contributed by atoms with van der Waals surface area (Å²) in [7, 11) is 2.92. The Morgan fingerprint density at radius 2 is 1.71 bits per heavy atom. The van der Waals surface area contributed by atoms with Crippen LogP contribution < -0.4 is 9.47 Å². The van der Waals surface area contributed by atoms with Gasteiger partial charge < -0.3 is 49.2 Å². The van der Waals surface area contributed by atoms with Gasteiger partial charge >= 0.3 is 11.9 Å². The molecule has 16 atom stereocenters. The molecule has 7 fully saturated rings. The molecule has 3 heterocycles. The van der Waals surface area contributed by atoms with Gasteiger partial charge in [-0.05, 0) is 81.4 Å². The Morgan fingerprint density at radius 3 is 2.39 bits per heavy atom. The van der Waals surface area contributed by atoms with E-state index >= 15 is 0 Å². The zero-order valence-corrected chi connectivity index (χ0v) is 30.3. The molecule has 0 radical (unpaired) electrons. The van der Waals surface area contributed by atoms with E-state index < -0.39 is 93.9 Å². The van der Waals surface area contributed by atoms with Gasteiger partial charge in [0.2, 0.25) is 5.79 Å². The number of carbonyl (C=O) groups excluding carboxylic acids is 2. The Morgan fingerprint density at radius 1 is 0.980 bits per heavy atom. The maximum atomic E-state index is 14.1. The van der Waals surface area contributed by atoms with Crippen molar-refractivity contribution in [2.24, 2.45) is 40.9 Å². The third kappa shape index (κ3) is 4.52. The largest absolute Gasteiger partial charge is 0.493 e. The van der Waals surface area contributed by atoms with Crippen molar-refractivity contribution in [3.8, 4) is 11.5 Å². The molecule has 4 aliphatic carbocycles. The quantitative estimate of drug-likeness (QED) is 0.278. The highest BCUT2D eigenvalue weighted by Crippen LogP contribution is 2.77. The summed E-state index contributed by atoms with van der Waals surface area (Å²) in [4.78, 5) is 28.5. The van der Waals surface area contributed by atoms with Gasteiger partial charge in [0, 0.05) is 49.2 Å². The number of benzene rings is 1. The Balaban J connectivity index is 1.26. The molecule has 4 saturated carbocycles. The van der Waals surface area contributed by atoms with Crippen LogP contribution in [0.25, 0.3) is 0 Å². The molecule has 13 nitrogen and oxygen atoms in total. The fraction of sp³-hybridized carbons (Fsp3) is 0.789. The van der Waals surface area contributed by atoms with Crippen LogP contribution in [0.4, 0.5) is 0 Å². The lowest BCUT2D eigenvalue weighted by molar-refractivity contribution is -0.296. The second-order valence-electron chi connectivity index (χ2n) is 17.3. The number of ether oxygens (including phenoxy) is 5. The lowest BCUT2D eigenvalue weighted by Crippen LogP contribution is -2.77. The number of aliphatic hydroxyl groups is 5. The molecule has 51 heavy (non-hydrogen) atoms. The zero-order valence-electron chi connectivity index (χ0n) is 30.3. The minimum absolute atomic E-state index is 0.0379. The minimum Gasteiger partial charge on any atom is -0.493 e. The molecule has 0 amide bonds. The van der Waals surface area contributed by atoms with E-state index in [4.69, 9.17) is 23.7 Å². The first-order valence-electron chi connectivity index (χ1n) is 18.6. The number of hydrogen-bond acceptors (Lipinski definition) is 13. The number of nitrogens with zero attached hydrogens (tertiary/aromatic N) is 1. The molecule has 7 aliphatic rings. The molecule has 1 spiro atoms. The second-order valence-corrected chi connectivity index (χ2v) is 17.3. The van der Waals surface area contributed by atoms with E-state index in [2.05, 4.69) is 11.8 Å². The van der Waals surface area contributed by atoms with Crippen LogP contribution >= 0.6 is 0 Å². The van der Waals surface area contributed by atoms with E-state index in [0.29, 0.717) is 36.8 Å². The molecule has 13 heteroatoms. The van der Waals surface area contributed by atoms with Crippen LogP contribution in [0.3, 0.4) is 0 Å². The Kier molecular flexibility index (Phi) is 8.00. The topological polar surface area (TPSA) is 185 Å². The van der Waals surface area contributed by atoms with Crippen molar-refractivity contribution in [3.05, 3.63) is 23.8 Å². The second kappa shape index (κ2) is 11.5. The van der Waals surface area contributed by atoms with E-state index in [1.807, 2.05) is 6.92 Å². The molecule has 4 bridgehead atoms. The van der Waals surface area contributed by atoms with Crippen LogP contribution in [0, 0.1) is 40.9 Å². The summed E-state index contributed by atoms with van der Waals surface area (Å²) in [6.45, 7) is 8.45. The van der Waals surface area contributed by atoms with E-state index in [1.165, 1.54) is 33.3 Å². The van der Waals surface area contributed by atoms with Gasteiger partial charge in [0.25, 0.3) is 0 Å². The SMILES string of the molecule is COc1ccc(C(=O)O[C@H]2[C@H](O)[C@H]3[C@@H](CN4C[C@@H](C)CC[C@H]4[C@@]3(C)O)[C@H]3C[C@]45O[C@]6(O)[C@@H](OC(C)=O)CC[C@@]4(C)[C@@H]6C[C@@H](O)[C@@H]5[C@@]32O)cc1OC. The maximum Gasteiger partial charge on any atom is 0.338 e. The highest BCUT2D eigenvalue weighted by atomic mass is 16.7. The third-order valence-electron chi connectivity index (χ3n) is 14.9. The standard InChI is InChI=1S/C38H53NO12/c1-18-7-10-27-35(4,44)29-21(17-39(27)16-18)22-15-36-31(23(41)14-26-34(36,3)12-11-28(49-19(2)40)38(26,46)51-36)37(22,45)32(30(29)42)50-33(43)20-8-9-24(47-5)25(13-20)48-6/h8-9,13,18,21-23,26-32,41-42,44-46H,7,10-12,14-17H2,1-6H3/t18-,21-,22+,23+,26-,27-,28-,29+,30+,31-,32-,34-,35+,36+,37-,38-/m0/s1. The van der Waals surface area contributed by atoms with Gasteiger partial charge in [0.1, 0.15) is 5.60 Å². The maximum absolute atomic E-state index is 14.1. The molecule has 1 aromatic carbocycles. The van der Waals surface area contributed by atoms with Crippen molar-refractivity contribution in [1.82, 2.24) is 4.90 Å². The number of esters is 2. The monoisotopic (exact) mass is 715 g/mol. The van der Waals surface area contributed by atoms with E-state index in [-0.39, 0.29) is 24.4 Å². The summed E-state index contributed by atoms with van der Waals surface area (Å²) in [6.07, 6.45) is -2.61. The molecule has 8 rings (SSSR count). The van der Waals surface area contributed by atoms with Gasteiger partial charge in [-0.3, -0.25) is 9.69 Å². The van der Waals surface area contributed by atoms with Crippen molar-refractivity contribution in [2.75, 3.05) is 27.3 Å². The Hall–Kier alpha value is -2.52. The molecular weight excluding hydrogens is 662 g/mol. The third-order valence-corrected chi connectivity index (χ3v) is 14.9. The summed E-state index contributed by atoms with van der Waals surface area (Å²) in [6, 6.07) is 4.28. The molecular formula is C38H53NO12. The molecule has 1 aromatic rings. The summed E-state index contributed by atoms with van der Waals surface area (Å²) in [5.41, 5.74) is -5.46. The lowest BCUT2D eigenvalue weighted by atomic mass is 9.49. The lowest BCUT2D eigenvalue weighted by Gasteiger charge is -2.64. The van der Waals surface area contributed by atoms with Crippen molar-refractivity contribution < 1.29 is 58.8 Å². The van der Waals surface area contributed by atoms with Crippen LogP contribution in [0.1, 0.15) is 76.6 Å². The summed E-state index contributed by atoms with van der Waals surface area (Å²) >= 11 is 0. The van der Waals surface area contributed by atoms with Crippen molar-refractivity contribution in [3.63, 3.8) is 0 Å². The van der Waals surface area contributed by atoms with Crippen molar-refractivity contribution in [2.45, 2.75) is 119 Å². The number of piperidine rings is 2. The summed E-state index contributed by atoms with van der Waals surface area (Å²) < 4.78 is 29.5.